The Morgan fingerprint density at radius 3 is 2.43 bits per heavy atom. The number of benzene rings is 1. The highest BCUT2D eigenvalue weighted by Gasteiger charge is 2.14. The molecule has 1 aromatic heterocycles. The minimum Gasteiger partial charge on any atom is -0.334 e. The quantitative estimate of drug-likeness (QED) is 0.898. The highest BCUT2D eigenvalue weighted by atomic mass is 15.1. The van der Waals surface area contributed by atoms with Crippen molar-refractivity contribution in [2.24, 2.45) is 0 Å². The van der Waals surface area contributed by atoms with Gasteiger partial charge in [-0.15, -0.1) is 0 Å². The first-order valence-electron chi connectivity index (χ1n) is 7.74. The molecular weight excluding hydrogens is 258 g/mol. The van der Waals surface area contributed by atoms with Gasteiger partial charge in [-0.05, 0) is 30.4 Å². The lowest BCUT2D eigenvalue weighted by Gasteiger charge is -2.21. The van der Waals surface area contributed by atoms with Crippen LogP contribution in [0.2, 0.25) is 0 Å². The van der Waals surface area contributed by atoms with Crippen molar-refractivity contribution in [3.63, 3.8) is 0 Å². The Hall–Kier alpha value is -1.61. The van der Waals surface area contributed by atoms with Gasteiger partial charge < -0.3 is 9.88 Å². The molecule has 21 heavy (non-hydrogen) atoms. The molecule has 114 valence electrons. The third-order valence-corrected chi connectivity index (χ3v) is 4.01. The van der Waals surface area contributed by atoms with Crippen LogP contribution in [0.25, 0.3) is 0 Å². The van der Waals surface area contributed by atoms with E-state index in [-0.39, 0.29) is 5.41 Å². The van der Waals surface area contributed by atoms with Gasteiger partial charge in [0, 0.05) is 25.3 Å². The zero-order valence-corrected chi connectivity index (χ0v) is 13.9. The highest BCUT2D eigenvalue weighted by molar-refractivity contribution is 5.29. The van der Waals surface area contributed by atoms with Crippen LogP contribution < -0.4 is 5.32 Å². The number of nitrogens with one attached hydrogen (secondary N) is 1. The summed E-state index contributed by atoms with van der Waals surface area (Å²) in [6, 6.07) is 9.28. The fraction of sp³-hybridized carbons (Fsp3) is 0.500. The molecular formula is C18H27N3. The molecule has 2 rings (SSSR count). The summed E-state index contributed by atoms with van der Waals surface area (Å²) < 4.78 is 2.17. The van der Waals surface area contributed by atoms with Gasteiger partial charge in [0.25, 0.3) is 0 Å². The van der Waals surface area contributed by atoms with Crippen molar-refractivity contribution in [2.45, 2.75) is 59.2 Å². The maximum Gasteiger partial charge on any atom is 0.0948 e. The van der Waals surface area contributed by atoms with E-state index in [0.717, 1.165) is 13.1 Å². The first-order valence-corrected chi connectivity index (χ1v) is 7.74. The molecule has 0 saturated carbocycles. The van der Waals surface area contributed by atoms with Crippen LogP contribution in [0, 0.1) is 0 Å². The lowest BCUT2D eigenvalue weighted by Crippen LogP contribution is -2.20. The second-order valence-corrected chi connectivity index (χ2v) is 6.65. The van der Waals surface area contributed by atoms with Gasteiger partial charge in [0.05, 0.1) is 12.0 Å². The van der Waals surface area contributed by atoms with Crippen molar-refractivity contribution >= 4 is 0 Å². The molecule has 0 aliphatic heterocycles. The fourth-order valence-electron chi connectivity index (χ4n) is 2.43. The molecule has 0 aliphatic rings. The molecule has 2 aromatic rings. The molecule has 0 saturated heterocycles. The van der Waals surface area contributed by atoms with E-state index in [1.807, 2.05) is 12.5 Å². The third-order valence-electron chi connectivity index (χ3n) is 4.01. The highest BCUT2D eigenvalue weighted by Crippen LogP contribution is 2.24. The molecule has 3 heteroatoms. The number of aryl methyl sites for hydroxylation is 1. The number of hydrogen-bond donors (Lipinski definition) is 1. The Labute approximate surface area is 128 Å². The second kappa shape index (κ2) is 6.44. The average molecular weight is 285 g/mol. The van der Waals surface area contributed by atoms with Crippen molar-refractivity contribution in [1.29, 1.82) is 0 Å². The molecule has 0 amide bonds. The maximum atomic E-state index is 4.21. The topological polar surface area (TPSA) is 29.9 Å². The smallest absolute Gasteiger partial charge is 0.0948 e. The molecule has 0 bridgehead atoms. The number of aromatic nitrogens is 2. The maximum absolute atomic E-state index is 4.21. The van der Waals surface area contributed by atoms with Crippen LogP contribution in [-0.4, -0.2) is 9.55 Å². The summed E-state index contributed by atoms with van der Waals surface area (Å²) in [6.45, 7) is 12.9. The summed E-state index contributed by atoms with van der Waals surface area (Å²) in [5.74, 6) is 0. The van der Waals surface area contributed by atoms with Crippen molar-refractivity contribution in [3.05, 3.63) is 53.6 Å². The summed E-state index contributed by atoms with van der Waals surface area (Å²) in [7, 11) is 0. The Balaban J connectivity index is 1.99. The second-order valence-electron chi connectivity index (χ2n) is 6.65. The molecule has 0 spiro atoms. The van der Waals surface area contributed by atoms with E-state index < -0.39 is 0 Å². The molecule has 0 fully saturated rings. The predicted molar refractivity (Wildman–Crippen MR) is 88.3 cm³/mol. The van der Waals surface area contributed by atoms with E-state index in [1.54, 1.807) is 0 Å². The van der Waals surface area contributed by atoms with Crippen LogP contribution in [0.4, 0.5) is 0 Å². The number of rotatable bonds is 5. The zero-order chi connectivity index (χ0) is 15.5. The standard InChI is InChI=1S/C18H27N3/c1-6-21-13-19-11-17(21)12-20-14(2)15-7-9-16(10-8-15)18(3,4)5/h7-11,13-14,20H,6,12H2,1-5H3. The lowest BCUT2D eigenvalue weighted by molar-refractivity contribution is 0.548. The molecule has 0 aliphatic carbocycles. The minimum atomic E-state index is 0.211. The van der Waals surface area contributed by atoms with Gasteiger partial charge in [0.15, 0.2) is 0 Å². The summed E-state index contributed by atoms with van der Waals surface area (Å²) in [5, 5.41) is 3.57. The first-order chi connectivity index (χ1) is 9.91. The Kier molecular flexibility index (Phi) is 4.84. The lowest BCUT2D eigenvalue weighted by atomic mass is 9.86. The fourth-order valence-corrected chi connectivity index (χ4v) is 2.43. The number of hydrogen-bond acceptors (Lipinski definition) is 2. The Bertz CT molecular complexity index is 561. The van der Waals surface area contributed by atoms with Gasteiger partial charge in [-0.25, -0.2) is 4.98 Å². The van der Waals surface area contributed by atoms with E-state index >= 15 is 0 Å². The summed E-state index contributed by atoms with van der Waals surface area (Å²) in [5.41, 5.74) is 4.15. The Morgan fingerprint density at radius 2 is 1.86 bits per heavy atom. The first kappa shape index (κ1) is 15.8. The van der Waals surface area contributed by atoms with Gasteiger partial charge in [0.1, 0.15) is 0 Å². The van der Waals surface area contributed by atoms with E-state index in [1.165, 1.54) is 16.8 Å². The molecule has 1 N–H and O–H groups in total. The molecule has 1 atom stereocenters. The van der Waals surface area contributed by atoms with E-state index in [4.69, 9.17) is 0 Å². The van der Waals surface area contributed by atoms with Crippen molar-refractivity contribution < 1.29 is 0 Å². The van der Waals surface area contributed by atoms with Crippen LogP contribution in [0.5, 0.6) is 0 Å². The SMILES string of the molecule is CCn1cncc1CNC(C)c1ccc(C(C)(C)C)cc1. The summed E-state index contributed by atoms with van der Waals surface area (Å²) in [4.78, 5) is 4.21. The van der Waals surface area contributed by atoms with Crippen molar-refractivity contribution in [2.75, 3.05) is 0 Å². The van der Waals surface area contributed by atoms with Crippen LogP contribution in [0.15, 0.2) is 36.8 Å². The van der Waals surface area contributed by atoms with Gasteiger partial charge >= 0.3 is 0 Å². The monoisotopic (exact) mass is 285 g/mol. The average Bonchev–Trinajstić information content (AvgIpc) is 2.91. The third kappa shape index (κ3) is 3.94. The largest absolute Gasteiger partial charge is 0.334 e. The van der Waals surface area contributed by atoms with Crippen LogP contribution >= 0.6 is 0 Å². The Morgan fingerprint density at radius 1 is 1.19 bits per heavy atom. The van der Waals surface area contributed by atoms with Crippen LogP contribution in [0.3, 0.4) is 0 Å². The molecule has 0 radical (unpaired) electrons. The summed E-state index contributed by atoms with van der Waals surface area (Å²) >= 11 is 0. The van der Waals surface area contributed by atoms with Gasteiger partial charge in [-0.2, -0.15) is 0 Å². The van der Waals surface area contributed by atoms with Crippen molar-refractivity contribution in [1.82, 2.24) is 14.9 Å². The van der Waals surface area contributed by atoms with E-state index in [0.29, 0.717) is 6.04 Å². The van der Waals surface area contributed by atoms with Crippen LogP contribution in [0.1, 0.15) is 57.5 Å². The minimum absolute atomic E-state index is 0.211. The molecule has 1 heterocycles. The molecule has 1 unspecified atom stereocenters. The summed E-state index contributed by atoms with van der Waals surface area (Å²) in [6.07, 6.45) is 3.83. The zero-order valence-electron chi connectivity index (χ0n) is 13.9. The normalized spacial score (nSPS) is 13.4. The molecule has 3 nitrogen and oxygen atoms in total. The van der Waals surface area contributed by atoms with Gasteiger partial charge in [-0.1, -0.05) is 45.0 Å². The number of nitrogens with zero attached hydrogens (tertiary/aromatic N) is 2. The number of imidazole rings is 1. The van der Waals surface area contributed by atoms with E-state index in [2.05, 4.69) is 73.8 Å². The molecule has 1 aromatic carbocycles. The van der Waals surface area contributed by atoms with Gasteiger partial charge in [-0.3, -0.25) is 0 Å². The predicted octanol–water partition coefficient (Wildman–Crippen LogP) is 4.05. The van der Waals surface area contributed by atoms with E-state index in [9.17, 15) is 0 Å². The van der Waals surface area contributed by atoms with Gasteiger partial charge in [0.2, 0.25) is 0 Å². The van der Waals surface area contributed by atoms with Crippen LogP contribution in [-0.2, 0) is 18.5 Å². The van der Waals surface area contributed by atoms with Crippen molar-refractivity contribution in [3.8, 4) is 0 Å².